The SMILES string of the molecule is CCCCn1nc(C(=O)NC2C[C@H]3COC[C@@H](C2)N3Cc2ccc(OC)cc2)c2ccccc21. The van der Waals surface area contributed by atoms with E-state index >= 15 is 0 Å². The van der Waals surface area contributed by atoms with Crippen LogP contribution >= 0.6 is 0 Å². The molecule has 2 saturated heterocycles. The van der Waals surface area contributed by atoms with E-state index in [0.29, 0.717) is 31.0 Å². The number of fused-ring (bicyclic) bond motifs is 3. The van der Waals surface area contributed by atoms with Crippen molar-refractivity contribution in [3.8, 4) is 5.75 Å². The van der Waals surface area contributed by atoms with Crippen molar-refractivity contribution in [2.45, 2.75) is 63.8 Å². The van der Waals surface area contributed by atoms with Gasteiger partial charge in [-0.2, -0.15) is 5.10 Å². The van der Waals surface area contributed by atoms with Crippen LogP contribution in [0.2, 0.25) is 0 Å². The van der Waals surface area contributed by atoms with Crippen molar-refractivity contribution in [2.24, 2.45) is 0 Å². The Kier molecular flexibility index (Phi) is 6.83. The molecule has 5 rings (SSSR count). The van der Waals surface area contributed by atoms with Crippen LogP contribution in [0.15, 0.2) is 48.5 Å². The largest absolute Gasteiger partial charge is 0.497 e. The van der Waals surface area contributed by atoms with Crippen molar-refractivity contribution in [1.82, 2.24) is 20.0 Å². The molecule has 1 aromatic heterocycles. The number of unbranched alkanes of at least 4 members (excludes halogenated alkanes) is 1. The molecular weight excluding hydrogens is 428 g/mol. The number of ether oxygens (including phenoxy) is 2. The number of carbonyl (C=O) groups excluding carboxylic acids is 1. The summed E-state index contributed by atoms with van der Waals surface area (Å²) in [5.41, 5.74) is 2.83. The Balaban J connectivity index is 1.28. The normalized spacial score (nSPS) is 22.6. The van der Waals surface area contributed by atoms with E-state index in [4.69, 9.17) is 14.6 Å². The van der Waals surface area contributed by atoms with Gasteiger partial charge in [-0.25, -0.2) is 0 Å². The van der Waals surface area contributed by atoms with Gasteiger partial charge in [0.2, 0.25) is 0 Å². The minimum Gasteiger partial charge on any atom is -0.497 e. The predicted octanol–water partition coefficient (Wildman–Crippen LogP) is 4.01. The van der Waals surface area contributed by atoms with Crippen molar-refractivity contribution in [3.63, 3.8) is 0 Å². The third-order valence-corrected chi connectivity index (χ3v) is 7.13. The fourth-order valence-corrected chi connectivity index (χ4v) is 5.33. The zero-order chi connectivity index (χ0) is 23.5. The minimum atomic E-state index is -0.0703. The van der Waals surface area contributed by atoms with Gasteiger partial charge in [0.15, 0.2) is 5.69 Å². The Hall–Kier alpha value is -2.90. The van der Waals surface area contributed by atoms with Crippen LogP contribution in [0.4, 0.5) is 0 Å². The molecule has 180 valence electrons. The Bertz CT molecular complexity index is 1110. The van der Waals surface area contributed by atoms with Crippen molar-refractivity contribution >= 4 is 16.8 Å². The highest BCUT2D eigenvalue weighted by Crippen LogP contribution is 2.30. The highest BCUT2D eigenvalue weighted by molar-refractivity contribution is 6.05. The van der Waals surface area contributed by atoms with E-state index in [0.717, 1.165) is 55.4 Å². The summed E-state index contributed by atoms with van der Waals surface area (Å²) in [6.07, 6.45) is 3.90. The second-order valence-corrected chi connectivity index (χ2v) is 9.45. The molecule has 34 heavy (non-hydrogen) atoms. The minimum absolute atomic E-state index is 0.0703. The molecule has 7 heteroatoms. The number of carbonyl (C=O) groups is 1. The number of piperidine rings is 1. The molecular formula is C27H34N4O3. The smallest absolute Gasteiger partial charge is 0.272 e. The van der Waals surface area contributed by atoms with Gasteiger partial charge in [0.1, 0.15) is 5.75 Å². The summed E-state index contributed by atoms with van der Waals surface area (Å²) in [6, 6.07) is 17.0. The molecule has 2 bridgehead atoms. The van der Waals surface area contributed by atoms with Gasteiger partial charge in [0.05, 0.1) is 25.8 Å². The quantitative estimate of drug-likeness (QED) is 0.548. The van der Waals surface area contributed by atoms with Crippen LogP contribution in [0.5, 0.6) is 5.75 Å². The molecule has 2 aliphatic rings. The van der Waals surface area contributed by atoms with Gasteiger partial charge in [-0.05, 0) is 43.0 Å². The van der Waals surface area contributed by atoms with Crippen molar-refractivity contribution in [1.29, 1.82) is 0 Å². The van der Waals surface area contributed by atoms with Crippen molar-refractivity contribution in [3.05, 3.63) is 59.8 Å². The maximum atomic E-state index is 13.3. The van der Waals surface area contributed by atoms with Crippen LogP contribution in [0.25, 0.3) is 10.9 Å². The third kappa shape index (κ3) is 4.68. The zero-order valence-electron chi connectivity index (χ0n) is 20.1. The number of rotatable bonds is 8. The molecule has 0 spiro atoms. The fraction of sp³-hybridized carbons (Fsp3) is 0.481. The summed E-state index contributed by atoms with van der Waals surface area (Å²) in [5, 5.41) is 8.95. The van der Waals surface area contributed by atoms with Gasteiger partial charge in [0, 0.05) is 36.6 Å². The lowest BCUT2D eigenvalue weighted by Crippen LogP contribution is -2.60. The van der Waals surface area contributed by atoms with Gasteiger partial charge in [-0.1, -0.05) is 43.7 Å². The average Bonchev–Trinajstić information content (AvgIpc) is 3.22. The highest BCUT2D eigenvalue weighted by Gasteiger charge is 2.39. The van der Waals surface area contributed by atoms with E-state index in [1.807, 2.05) is 41.1 Å². The lowest BCUT2D eigenvalue weighted by Gasteiger charge is -2.48. The molecule has 3 atom stereocenters. The van der Waals surface area contributed by atoms with Gasteiger partial charge in [-0.15, -0.1) is 0 Å². The van der Waals surface area contributed by atoms with Gasteiger partial charge in [-0.3, -0.25) is 14.4 Å². The van der Waals surface area contributed by atoms with E-state index in [1.165, 1.54) is 5.56 Å². The van der Waals surface area contributed by atoms with Gasteiger partial charge >= 0.3 is 0 Å². The first-order chi connectivity index (χ1) is 16.7. The van der Waals surface area contributed by atoms with Crippen LogP contribution in [0.3, 0.4) is 0 Å². The molecule has 7 nitrogen and oxygen atoms in total. The Morgan fingerprint density at radius 3 is 2.56 bits per heavy atom. The molecule has 0 radical (unpaired) electrons. The Morgan fingerprint density at radius 1 is 1.12 bits per heavy atom. The molecule has 1 N–H and O–H groups in total. The zero-order valence-corrected chi connectivity index (χ0v) is 20.1. The Labute approximate surface area is 201 Å². The predicted molar refractivity (Wildman–Crippen MR) is 132 cm³/mol. The summed E-state index contributed by atoms with van der Waals surface area (Å²) >= 11 is 0. The van der Waals surface area contributed by atoms with E-state index < -0.39 is 0 Å². The Morgan fingerprint density at radius 2 is 1.85 bits per heavy atom. The second kappa shape index (κ2) is 10.2. The average molecular weight is 463 g/mol. The summed E-state index contributed by atoms with van der Waals surface area (Å²) in [6.45, 7) is 5.29. The van der Waals surface area contributed by atoms with Crippen LogP contribution in [0, 0.1) is 0 Å². The number of amides is 1. The van der Waals surface area contributed by atoms with Crippen LogP contribution in [0.1, 0.15) is 48.7 Å². The maximum absolute atomic E-state index is 13.3. The van der Waals surface area contributed by atoms with E-state index in [1.54, 1.807) is 7.11 Å². The van der Waals surface area contributed by atoms with Crippen molar-refractivity contribution < 1.29 is 14.3 Å². The number of aromatic nitrogens is 2. The molecule has 2 aliphatic heterocycles. The first kappa shape index (κ1) is 22.9. The molecule has 1 unspecified atom stereocenters. The number of aryl methyl sites for hydroxylation is 1. The van der Waals surface area contributed by atoms with Crippen molar-refractivity contribution in [2.75, 3.05) is 20.3 Å². The number of benzene rings is 2. The lowest BCUT2D eigenvalue weighted by atomic mass is 9.89. The summed E-state index contributed by atoms with van der Waals surface area (Å²) in [4.78, 5) is 15.9. The number of nitrogens with one attached hydrogen (secondary N) is 1. The van der Waals surface area contributed by atoms with E-state index in [-0.39, 0.29) is 11.9 Å². The van der Waals surface area contributed by atoms with Crippen LogP contribution < -0.4 is 10.1 Å². The summed E-state index contributed by atoms with van der Waals surface area (Å²) in [5.74, 6) is 0.803. The molecule has 2 fully saturated rings. The number of methoxy groups -OCH3 is 1. The molecule has 2 aromatic carbocycles. The van der Waals surface area contributed by atoms with Gasteiger partial charge in [0.25, 0.3) is 5.91 Å². The molecule has 3 heterocycles. The first-order valence-electron chi connectivity index (χ1n) is 12.4. The fourth-order valence-electron chi connectivity index (χ4n) is 5.33. The van der Waals surface area contributed by atoms with Gasteiger partial charge < -0.3 is 14.8 Å². The molecule has 0 aliphatic carbocycles. The topological polar surface area (TPSA) is 68.6 Å². The standard InChI is InChI=1S/C27H34N4O3/c1-3-4-13-31-25-8-6-5-7-24(25)26(29-31)27(32)28-20-14-21-17-34-18-22(15-20)30(21)16-19-9-11-23(33-2)12-10-19/h5-12,20-22H,3-4,13-18H2,1-2H3,(H,28,32)/t20?,21-,22+. The first-order valence-corrected chi connectivity index (χ1v) is 12.4. The number of hydrogen-bond donors (Lipinski definition) is 1. The monoisotopic (exact) mass is 462 g/mol. The van der Waals surface area contributed by atoms with Crippen LogP contribution in [-0.4, -0.2) is 59.0 Å². The molecule has 0 saturated carbocycles. The summed E-state index contributed by atoms with van der Waals surface area (Å²) in [7, 11) is 1.69. The molecule has 1 amide bonds. The third-order valence-electron chi connectivity index (χ3n) is 7.13. The number of nitrogens with zero attached hydrogens (tertiary/aromatic N) is 3. The molecule has 3 aromatic rings. The highest BCUT2D eigenvalue weighted by atomic mass is 16.5. The lowest BCUT2D eigenvalue weighted by molar-refractivity contribution is -0.0843. The number of hydrogen-bond acceptors (Lipinski definition) is 5. The van der Waals surface area contributed by atoms with E-state index in [2.05, 4.69) is 29.3 Å². The number of morpholine rings is 1. The summed E-state index contributed by atoms with van der Waals surface area (Å²) < 4.78 is 13.2. The van der Waals surface area contributed by atoms with Crippen LogP contribution in [-0.2, 0) is 17.8 Å². The maximum Gasteiger partial charge on any atom is 0.272 e. The number of para-hydroxylation sites is 1. The second-order valence-electron chi connectivity index (χ2n) is 9.45. The van der Waals surface area contributed by atoms with E-state index in [9.17, 15) is 4.79 Å².